The van der Waals surface area contributed by atoms with Crippen LogP contribution in [0, 0.1) is 5.92 Å². The van der Waals surface area contributed by atoms with Crippen molar-refractivity contribution < 1.29 is 9.90 Å². The van der Waals surface area contributed by atoms with Crippen molar-refractivity contribution in [1.29, 1.82) is 0 Å². The van der Waals surface area contributed by atoms with E-state index in [0.717, 1.165) is 6.42 Å². The van der Waals surface area contributed by atoms with Crippen LogP contribution in [0.3, 0.4) is 0 Å². The first kappa shape index (κ1) is 18.0. The molecule has 0 saturated carbocycles. The van der Waals surface area contributed by atoms with Crippen molar-refractivity contribution in [2.45, 2.75) is 63.6 Å². The smallest absolute Gasteiger partial charge is 0.327 e. The summed E-state index contributed by atoms with van der Waals surface area (Å²) in [5.41, 5.74) is 0. The topological polar surface area (TPSA) is 37.3 Å². The summed E-state index contributed by atoms with van der Waals surface area (Å²) >= 11 is 0. The molecule has 2 rings (SSSR count). The van der Waals surface area contributed by atoms with E-state index in [2.05, 4.69) is 37.3 Å². The molecule has 0 radical (unpaired) electrons. The molecule has 23 heavy (non-hydrogen) atoms. The highest BCUT2D eigenvalue weighted by molar-refractivity contribution is 6.92. The van der Waals surface area contributed by atoms with E-state index < -0.39 is 14.0 Å². The number of benzene rings is 1. The molecule has 1 saturated heterocycles. The molecule has 0 aromatic heterocycles. The Balaban J connectivity index is 1.99. The van der Waals surface area contributed by atoms with E-state index in [1.54, 1.807) is 5.19 Å². The predicted molar refractivity (Wildman–Crippen MR) is 99.9 cm³/mol. The molecule has 1 N–H and O–H groups in total. The minimum Gasteiger partial charge on any atom is -0.478 e. The van der Waals surface area contributed by atoms with Crippen molar-refractivity contribution in [3.8, 4) is 0 Å². The molecular formula is C20H30O2Si. The zero-order valence-electron chi connectivity index (χ0n) is 14.3. The first-order chi connectivity index (χ1) is 11.2. The molecule has 3 heteroatoms. The molecule has 0 bridgehead atoms. The number of carboxylic acids is 1. The lowest BCUT2D eigenvalue weighted by atomic mass is 9.98. The van der Waals surface area contributed by atoms with Gasteiger partial charge in [-0.2, -0.15) is 0 Å². The third-order valence-electron chi connectivity index (χ3n) is 5.44. The molecule has 1 heterocycles. The highest BCUT2D eigenvalue weighted by atomic mass is 28.3. The molecular weight excluding hydrogens is 300 g/mol. The van der Waals surface area contributed by atoms with Gasteiger partial charge in [0.1, 0.15) is 0 Å². The summed E-state index contributed by atoms with van der Waals surface area (Å²) in [7, 11) is -1.34. The van der Waals surface area contributed by atoms with Gasteiger partial charge in [-0.25, -0.2) is 4.79 Å². The number of hydrogen-bond donors (Lipinski definition) is 1. The minimum absolute atomic E-state index is 0.682. The SMILES string of the molecule is CCCCC[Si]1(c2ccccc2)CCC(CC=CC(=O)O)CC1. The second kappa shape index (κ2) is 9.07. The van der Waals surface area contributed by atoms with Gasteiger partial charge >= 0.3 is 5.97 Å². The van der Waals surface area contributed by atoms with E-state index in [4.69, 9.17) is 5.11 Å². The Bertz CT molecular complexity index is 502. The first-order valence-electron chi connectivity index (χ1n) is 9.11. The minimum atomic E-state index is -1.34. The summed E-state index contributed by atoms with van der Waals surface area (Å²) in [5.74, 6) is -0.144. The second-order valence-electron chi connectivity index (χ2n) is 7.02. The Morgan fingerprint density at radius 3 is 2.52 bits per heavy atom. The van der Waals surface area contributed by atoms with E-state index >= 15 is 0 Å². The lowest BCUT2D eigenvalue weighted by Crippen LogP contribution is -2.49. The largest absolute Gasteiger partial charge is 0.478 e. The van der Waals surface area contributed by atoms with Gasteiger partial charge in [0.25, 0.3) is 0 Å². The van der Waals surface area contributed by atoms with Gasteiger partial charge in [-0.15, -0.1) is 0 Å². The molecule has 1 aliphatic rings. The van der Waals surface area contributed by atoms with E-state index in [1.165, 1.54) is 56.3 Å². The zero-order chi connectivity index (χ0) is 16.5. The summed E-state index contributed by atoms with van der Waals surface area (Å²) in [6.07, 6.45) is 10.7. The van der Waals surface area contributed by atoms with Crippen LogP contribution in [0.1, 0.15) is 45.4 Å². The average Bonchev–Trinajstić information content (AvgIpc) is 2.57. The van der Waals surface area contributed by atoms with Crippen LogP contribution in [-0.4, -0.2) is 19.1 Å². The summed E-state index contributed by atoms with van der Waals surface area (Å²) in [5, 5.41) is 10.4. The number of unbranched alkanes of at least 4 members (excludes halogenated alkanes) is 2. The lowest BCUT2D eigenvalue weighted by molar-refractivity contribution is -0.131. The van der Waals surface area contributed by atoms with E-state index in [1.807, 2.05) is 6.08 Å². The van der Waals surface area contributed by atoms with Crippen LogP contribution < -0.4 is 5.19 Å². The third-order valence-corrected chi connectivity index (χ3v) is 10.8. The van der Waals surface area contributed by atoms with Gasteiger partial charge in [0.15, 0.2) is 0 Å². The fourth-order valence-corrected chi connectivity index (χ4v) is 9.38. The fraction of sp³-hybridized carbons (Fsp3) is 0.550. The molecule has 0 atom stereocenters. The molecule has 0 aliphatic carbocycles. The molecule has 2 nitrogen and oxygen atoms in total. The first-order valence-corrected chi connectivity index (χ1v) is 11.7. The summed E-state index contributed by atoms with van der Waals surface area (Å²) in [6, 6.07) is 15.4. The van der Waals surface area contributed by atoms with Crippen LogP contribution in [0.2, 0.25) is 18.1 Å². The van der Waals surface area contributed by atoms with Gasteiger partial charge < -0.3 is 5.11 Å². The number of hydrogen-bond acceptors (Lipinski definition) is 1. The van der Waals surface area contributed by atoms with Gasteiger partial charge in [0, 0.05) is 6.08 Å². The maximum Gasteiger partial charge on any atom is 0.327 e. The van der Waals surface area contributed by atoms with E-state index in [0.29, 0.717) is 5.92 Å². The maximum absolute atomic E-state index is 10.6. The van der Waals surface area contributed by atoms with Crippen LogP contribution >= 0.6 is 0 Å². The number of carbonyl (C=O) groups is 1. The van der Waals surface area contributed by atoms with Gasteiger partial charge in [0.05, 0.1) is 8.07 Å². The fourth-order valence-electron chi connectivity index (χ4n) is 4.02. The lowest BCUT2D eigenvalue weighted by Gasteiger charge is -2.39. The highest BCUT2D eigenvalue weighted by Crippen LogP contribution is 2.37. The molecule has 0 amide bonds. The Morgan fingerprint density at radius 2 is 1.91 bits per heavy atom. The van der Waals surface area contributed by atoms with E-state index in [-0.39, 0.29) is 0 Å². The number of allylic oxidation sites excluding steroid dienone is 1. The molecule has 1 aromatic rings. The molecule has 1 fully saturated rings. The second-order valence-corrected chi connectivity index (χ2v) is 11.7. The van der Waals surface area contributed by atoms with Gasteiger partial charge in [-0.3, -0.25) is 0 Å². The quantitative estimate of drug-likeness (QED) is 0.415. The van der Waals surface area contributed by atoms with Crippen molar-refractivity contribution in [1.82, 2.24) is 0 Å². The molecule has 1 aromatic carbocycles. The standard InChI is InChI=1S/C20H30O2Si/c1-2-3-7-15-23(19-10-5-4-6-11-19)16-13-18(14-17-23)9-8-12-20(21)22/h4-6,8,10-12,18H,2-3,7,9,13-17H2,1H3,(H,21,22). The van der Waals surface area contributed by atoms with Crippen LogP contribution in [0.4, 0.5) is 0 Å². The Morgan fingerprint density at radius 1 is 1.22 bits per heavy atom. The van der Waals surface area contributed by atoms with Gasteiger partial charge in [-0.05, 0) is 12.3 Å². The normalized spacial score (nSPS) is 24.8. The number of carboxylic acid groups (broad SMARTS) is 1. The van der Waals surface area contributed by atoms with Crippen molar-refractivity contribution >= 4 is 19.2 Å². The van der Waals surface area contributed by atoms with Crippen molar-refractivity contribution in [2.75, 3.05) is 0 Å². The van der Waals surface area contributed by atoms with Crippen LogP contribution in [0.15, 0.2) is 42.5 Å². The molecule has 126 valence electrons. The Labute approximate surface area is 141 Å². The number of rotatable bonds is 8. The third kappa shape index (κ3) is 5.35. The van der Waals surface area contributed by atoms with Crippen molar-refractivity contribution in [3.05, 3.63) is 42.5 Å². The molecule has 1 aliphatic heterocycles. The van der Waals surface area contributed by atoms with Crippen LogP contribution in [0.5, 0.6) is 0 Å². The average molecular weight is 331 g/mol. The predicted octanol–water partition coefficient (Wildman–Crippen LogP) is 4.97. The van der Waals surface area contributed by atoms with Gasteiger partial charge in [-0.1, -0.05) is 98.8 Å². The van der Waals surface area contributed by atoms with Gasteiger partial charge in [0.2, 0.25) is 0 Å². The van der Waals surface area contributed by atoms with Crippen LogP contribution in [0.25, 0.3) is 0 Å². The Hall–Kier alpha value is -1.35. The van der Waals surface area contributed by atoms with Crippen molar-refractivity contribution in [2.24, 2.45) is 5.92 Å². The summed E-state index contributed by atoms with van der Waals surface area (Å²) < 4.78 is 0. The monoisotopic (exact) mass is 330 g/mol. The molecule has 0 unspecified atom stereocenters. The van der Waals surface area contributed by atoms with Crippen molar-refractivity contribution in [3.63, 3.8) is 0 Å². The maximum atomic E-state index is 10.6. The summed E-state index contributed by atoms with van der Waals surface area (Å²) in [6.45, 7) is 2.28. The molecule has 0 spiro atoms. The van der Waals surface area contributed by atoms with Crippen LogP contribution in [-0.2, 0) is 4.79 Å². The van der Waals surface area contributed by atoms with E-state index in [9.17, 15) is 4.79 Å². The summed E-state index contributed by atoms with van der Waals surface area (Å²) in [4.78, 5) is 10.6. The highest BCUT2D eigenvalue weighted by Gasteiger charge is 2.37. The zero-order valence-corrected chi connectivity index (χ0v) is 15.3. The Kier molecular flexibility index (Phi) is 7.09. The number of aliphatic carboxylic acids is 1.